The molecule has 31 heavy (non-hydrogen) atoms. The summed E-state index contributed by atoms with van der Waals surface area (Å²) in [5.41, 5.74) is 4.38. The predicted octanol–water partition coefficient (Wildman–Crippen LogP) is 5.32. The summed E-state index contributed by atoms with van der Waals surface area (Å²) >= 11 is 5.97. The Hall–Kier alpha value is -3.77. The zero-order valence-corrected chi connectivity index (χ0v) is 17.4. The Kier molecular flexibility index (Phi) is 4.64. The second-order valence-corrected chi connectivity index (χ2v) is 7.85. The van der Waals surface area contributed by atoms with Crippen molar-refractivity contribution in [2.75, 3.05) is 10.6 Å². The van der Waals surface area contributed by atoms with Crippen molar-refractivity contribution in [1.82, 2.24) is 9.55 Å². The summed E-state index contributed by atoms with van der Waals surface area (Å²) in [4.78, 5) is 18.2. The number of hydrogen-bond acceptors (Lipinski definition) is 4. The van der Waals surface area contributed by atoms with Crippen molar-refractivity contribution in [2.45, 2.75) is 13.0 Å². The number of imidazole rings is 1. The van der Waals surface area contributed by atoms with Crippen LogP contribution in [0.25, 0.3) is 11.0 Å². The summed E-state index contributed by atoms with van der Waals surface area (Å²) < 4.78 is 1.99. The van der Waals surface area contributed by atoms with Crippen LogP contribution in [-0.4, -0.2) is 20.6 Å². The van der Waals surface area contributed by atoms with Crippen molar-refractivity contribution in [2.24, 2.45) is 0 Å². The third-order valence-electron chi connectivity index (χ3n) is 5.36. The van der Waals surface area contributed by atoms with Gasteiger partial charge in [-0.05, 0) is 61.0 Å². The highest BCUT2D eigenvalue weighted by atomic mass is 35.5. The molecule has 0 aliphatic carbocycles. The minimum absolute atomic E-state index is 0.136. The lowest BCUT2D eigenvalue weighted by molar-refractivity contribution is -0.113. The summed E-state index contributed by atoms with van der Waals surface area (Å²) in [5.74, 6) is 0.538. The van der Waals surface area contributed by atoms with E-state index in [1.807, 2.05) is 41.8 Å². The Bertz CT molecular complexity index is 1340. The molecule has 1 aliphatic rings. The van der Waals surface area contributed by atoms with Crippen molar-refractivity contribution in [3.63, 3.8) is 0 Å². The number of allylic oxidation sites excluding steroid dienone is 1. The van der Waals surface area contributed by atoms with Crippen molar-refractivity contribution < 1.29 is 9.90 Å². The lowest BCUT2D eigenvalue weighted by Gasteiger charge is -2.30. The maximum Gasteiger partial charge on any atom is 0.255 e. The lowest BCUT2D eigenvalue weighted by Crippen LogP contribution is -2.30. The Morgan fingerprint density at radius 1 is 1.10 bits per heavy atom. The molecule has 1 aliphatic heterocycles. The minimum atomic E-state index is -0.469. The third kappa shape index (κ3) is 3.41. The number of amides is 1. The highest BCUT2D eigenvalue weighted by molar-refractivity contribution is 6.30. The van der Waals surface area contributed by atoms with Crippen molar-refractivity contribution in [3.05, 3.63) is 94.7 Å². The molecule has 7 heteroatoms. The molecule has 5 rings (SSSR count). The molecule has 1 aromatic heterocycles. The number of nitrogens with zero attached hydrogens (tertiary/aromatic N) is 2. The Balaban J connectivity index is 1.66. The number of anilines is 2. The molecular weight excluding hydrogens is 412 g/mol. The van der Waals surface area contributed by atoms with Crippen molar-refractivity contribution in [1.29, 1.82) is 0 Å². The van der Waals surface area contributed by atoms with E-state index in [1.165, 1.54) is 0 Å². The van der Waals surface area contributed by atoms with Gasteiger partial charge in [-0.25, -0.2) is 4.98 Å². The standard InChI is InChI=1S/C24H19ClN4O2/c1-14-21(23(31)27-17-11-9-16(25)10-12-17)22(15-5-4-6-18(30)13-15)29-20-8-3-2-7-19(20)28-24(29)26-14/h2-13,22,30H,1H3,(H,26,28)(H,27,31)/t22-/m1/s1. The molecule has 0 saturated carbocycles. The number of carbonyl (C=O) groups is 1. The summed E-state index contributed by atoms with van der Waals surface area (Å²) in [6.07, 6.45) is 0. The highest BCUT2D eigenvalue weighted by Crippen LogP contribution is 2.40. The van der Waals surface area contributed by atoms with Crippen LogP contribution in [0.4, 0.5) is 11.6 Å². The van der Waals surface area contributed by atoms with Gasteiger partial charge in [0.2, 0.25) is 5.95 Å². The first-order valence-electron chi connectivity index (χ1n) is 9.82. The number of carbonyl (C=O) groups excluding carboxylic acids is 1. The minimum Gasteiger partial charge on any atom is -0.508 e. The second-order valence-electron chi connectivity index (χ2n) is 7.42. The SMILES string of the molecule is CC1=C(C(=O)Nc2ccc(Cl)cc2)[C@@H](c2cccc(O)c2)n2c(nc3ccccc32)N1. The monoisotopic (exact) mass is 430 g/mol. The largest absolute Gasteiger partial charge is 0.508 e. The molecular formula is C24H19ClN4O2. The lowest BCUT2D eigenvalue weighted by atomic mass is 9.94. The van der Waals surface area contributed by atoms with Crippen molar-refractivity contribution in [3.8, 4) is 5.75 Å². The van der Waals surface area contributed by atoms with Gasteiger partial charge in [-0.3, -0.25) is 9.36 Å². The zero-order chi connectivity index (χ0) is 21.5. The number of fused-ring (bicyclic) bond motifs is 3. The van der Waals surface area contributed by atoms with E-state index in [9.17, 15) is 9.90 Å². The molecule has 0 saturated heterocycles. The molecule has 4 aromatic rings. The number of halogens is 1. The average molecular weight is 431 g/mol. The molecule has 154 valence electrons. The second kappa shape index (κ2) is 7.49. The normalized spacial score (nSPS) is 15.5. The van der Waals surface area contributed by atoms with Gasteiger partial charge in [0.15, 0.2) is 0 Å². The van der Waals surface area contributed by atoms with Crippen LogP contribution in [0.5, 0.6) is 5.75 Å². The van der Waals surface area contributed by atoms with Crippen molar-refractivity contribution >= 4 is 40.2 Å². The first-order chi connectivity index (χ1) is 15.0. The number of hydrogen-bond donors (Lipinski definition) is 3. The number of phenols is 1. The van der Waals surface area contributed by atoms with Gasteiger partial charge in [-0.2, -0.15) is 0 Å². The van der Waals surface area contributed by atoms with Gasteiger partial charge < -0.3 is 15.7 Å². The van der Waals surface area contributed by atoms with Crippen LogP contribution in [-0.2, 0) is 4.79 Å². The molecule has 0 spiro atoms. The number of nitrogens with one attached hydrogen (secondary N) is 2. The Morgan fingerprint density at radius 2 is 1.87 bits per heavy atom. The predicted molar refractivity (Wildman–Crippen MR) is 122 cm³/mol. The van der Waals surface area contributed by atoms with Gasteiger partial charge >= 0.3 is 0 Å². The summed E-state index contributed by atoms with van der Waals surface area (Å²) in [6, 6.07) is 21.2. The number of rotatable bonds is 3. The first kappa shape index (κ1) is 19.2. The summed E-state index contributed by atoms with van der Waals surface area (Å²) in [6.45, 7) is 1.86. The van der Waals surface area contributed by atoms with Gasteiger partial charge in [0.1, 0.15) is 5.75 Å². The average Bonchev–Trinajstić information content (AvgIpc) is 3.12. The summed E-state index contributed by atoms with van der Waals surface area (Å²) in [7, 11) is 0. The van der Waals surface area contributed by atoms with E-state index >= 15 is 0 Å². The van der Waals surface area contributed by atoms with Crippen LogP contribution in [0.3, 0.4) is 0 Å². The number of para-hydroxylation sites is 2. The van der Waals surface area contributed by atoms with Crippen LogP contribution in [0.15, 0.2) is 84.1 Å². The van der Waals surface area contributed by atoms with Crippen LogP contribution in [0, 0.1) is 0 Å². The van der Waals surface area contributed by atoms with E-state index in [0.29, 0.717) is 27.9 Å². The number of aromatic hydroxyl groups is 1. The number of phenolic OH excluding ortho intramolecular Hbond substituents is 1. The molecule has 1 atom stereocenters. The Morgan fingerprint density at radius 3 is 2.65 bits per heavy atom. The van der Waals surface area contributed by atoms with Crippen LogP contribution >= 0.6 is 11.6 Å². The molecule has 2 heterocycles. The van der Waals surface area contributed by atoms with E-state index in [1.54, 1.807) is 42.5 Å². The van der Waals surface area contributed by atoms with Gasteiger partial charge in [0.05, 0.1) is 22.6 Å². The zero-order valence-electron chi connectivity index (χ0n) is 16.6. The van der Waals surface area contributed by atoms with E-state index < -0.39 is 6.04 Å². The van der Waals surface area contributed by atoms with Crippen LogP contribution < -0.4 is 10.6 Å². The maximum atomic E-state index is 13.5. The first-order valence-corrected chi connectivity index (χ1v) is 10.2. The van der Waals surface area contributed by atoms with Gasteiger partial charge in [0, 0.05) is 16.4 Å². The third-order valence-corrected chi connectivity index (χ3v) is 5.62. The molecule has 6 nitrogen and oxygen atoms in total. The fourth-order valence-corrected chi connectivity index (χ4v) is 4.13. The van der Waals surface area contributed by atoms with E-state index in [4.69, 9.17) is 16.6 Å². The van der Waals surface area contributed by atoms with Gasteiger partial charge in [-0.15, -0.1) is 0 Å². The molecule has 3 N–H and O–H groups in total. The Labute approximate surface area is 183 Å². The summed E-state index contributed by atoms with van der Waals surface area (Å²) in [5, 5.41) is 17.0. The quantitative estimate of drug-likeness (QED) is 0.411. The molecule has 1 amide bonds. The van der Waals surface area contributed by atoms with Crippen LogP contribution in [0.2, 0.25) is 5.02 Å². The van der Waals surface area contributed by atoms with Crippen LogP contribution in [0.1, 0.15) is 18.5 Å². The molecule has 0 radical (unpaired) electrons. The molecule has 0 bridgehead atoms. The topological polar surface area (TPSA) is 79.2 Å². The fraction of sp³-hybridized carbons (Fsp3) is 0.0833. The van der Waals surface area contributed by atoms with E-state index in [2.05, 4.69) is 10.6 Å². The fourth-order valence-electron chi connectivity index (χ4n) is 4.00. The maximum absolute atomic E-state index is 13.5. The highest BCUT2D eigenvalue weighted by Gasteiger charge is 2.34. The van der Waals surface area contributed by atoms with E-state index in [0.717, 1.165) is 16.6 Å². The van der Waals surface area contributed by atoms with Gasteiger partial charge in [0.25, 0.3) is 5.91 Å². The molecule has 0 unspecified atom stereocenters. The van der Waals surface area contributed by atoms with E-state index in [-0.39, 0.29) is 11.7 Å². The number of aromatic nitrogens is 2. The van der Waals surface area contributed by atoms with Gasteiger partial charge in [-0.1, -0.05) is 35.9 Å². The smallest absolute Gasteiger partial charge is 0.255 e. The number of benzene rings is 3. The molecule has 3 aromatic carbocycles. The molecule has 0 fully saturated rings.